The molecule has 2 aromatic rings. The number of nitrogens with one attached hydrogen (secondary N) is 1. The van der Waals surface area contributed by atoms with E-state index in [0.717, 1.165) is 5.56 Å². The maximum atomic E-state index is 13.0. The number of hydrogen-bond acceptors (Lipinski definition) is 2. The zero-order chi connectivity index (χ0) is 16.4. The van der Waals surface area contributed by atoms with Gasteiger partial charge in [-0.1, -0.05) is 17.7 Å². The topological polar surface area (TPSA) is 49.4 Å². The maximum Gasteiger partial charge on any atom is 0.251 e. The van der Waals surface area contributed by atoms with E-state index in [2.05, 4.69) is 5.32 Å². The highest BCUT2D eigenvalue weighted by molar-refractivity contribution is 6.03. The molecule has 118 valence electrons. The molecule has 0 saturated carbocycles. The average Bonchev–Trinajstić information content (AvgIpc) is 2.90. The molecule has 5 heteroatoms. The lowest BCUT2D eigenvalue weighted by Gasteiger charge is -2.17. The third kappa shape index (κ3) is 3.23. The Bertz CT molecular complexity index is 726. The van der Waals surface area contributed by atoms with Gasteiger partial charge in [0.15, 0.2) is 0 Å². The van der Waals surface area contributed by atoms with E-state index in [9.17, 15) is 14.0 Å². The molecule has 0 bridgehead atoms. The van der Waals surface area contributed by atoms with Crippen molar-refractivity contribution in [3.05, 3.63) is 65.5 Å². The van der Waals surface area contributed by atoms with Crippen molar-refractivity contribution in [2.24, 2.45) is 0 Å². The summed E-state index contributed by atoms with van der Waals surface area (Å²) >= 11 is 0. The normalized spacial score (nSPS) is 17.4. The first-order valence-electron chi connectivity index (χ1n) is 7.49. The molecular formula is C18H17FN2O2. The molecule has 1 aliphatic heterocycles. The lowest BCUT2D eigenvalue weighted by Crippen LogP contribution is -2.41. The average molecular weight is 312 g/mol. The monoisotopic (exact) mass is 312 g/mol. The Balaban J connectivity index is 1.68. The molecule has 1 atom stereocenters. The standard InChI is InChI=1S/C18H17FN2O2/c1-12-2-4-13(5-3-12)17(22)20-16-10-11-21(18(16)23)15-8-6-14(19)7-9-15/h2-9,16H,10-11H2,1H3,(H,20,22)/t16-/m1/s1. The van der Waals surface area contributed by atoms with Gasteiger partial charge in [-0.05, 0) is 49.7 Å². The molecule has 2 aromatic carbocycles. The van der Waals surface area contributed by atoms with Crippen LogP contribution in [0.1, 0.15) is 22.3 Å². The van der Waals surface area contributed by atoms with Gasteiger partial charge in [0.05, 0.1) is 0 Å². The third-order valence-corrected chi connectivity index (χ3v) is 3.96. The summed E-state index contributed by atoms with van der Waals surface area (Å²) in [6, 6.07) is 12.4. The van der Waals surface area contributed by atoms with Crippen molar-refractivity contribution >= 4 is 17.5 Å². The summed E-state index contributed by atoms with van der Waals surface area (Å²) in [6.45, 7) is 2.45. The summed E-state index contributed by atoms with van der Waals surface area (Å²) in [6.07, 6.45) is 0.536. The SMILES string of the molecule is Cc1ccc(C(=O)N[C@@H]2CCN(c3ccc(F)cc3)C2=O)cc1. The fourth-order valence-electron chi connectivity index (χ4n) is 2.64. The van der Waals surface area contributed by atoms with Crippen molar-refractivity contribution in [1.29, 1.82) is 0 Å². The number of carbonyl (C=O) groups is 2. The second-order valence-electron chi connectivity index (χ2n) is 5.65. The second kappa shape index (κ2) is 6.20. The molecule has 1 heterocycles. The van der Waals surface area contributed by atoms with Crippen LogP contribution in [0.5, 0.6) is 0 Å². The summed E-state index contributed by atoms with van der Waals surface area (Å²) < 4.78 is 13.0. The van der Waals surface area contributed by atoms with Crippen molar-refractivity contribution in [2.75, 3.05) is 11.4 Å². The first kappa shape index (κ1) is 15.2. The minimum Gasteiger partial charge on any atom is -0.340 e. The molecule has 4 nitrogen and oxygen atoms in total. The lowest BCUT2D eigenvalue weighted by molar-refractivity contribution is -0.118. The Labute approximate surface area is 133 Å². The Morgan fingerprint density at radius 3 is 2.43 bits per heavy atom. The van der Waals surface area contributed by atoms with E-state index in [4.69, 9.17) is 0 Å². The fourth-order valence-corrected chi connectivity index (χ4v) is 2.64. The van der Waals surface area contributed by atoms with Gasteiger partial charge < -0.3 is 10.2 Å². The van der Waals surface area contributed by atoms with E-state index in [-0.39, 0.29) is 17.6 Å². The Kier molecular flexibility index (Phi) is 4.10. The van der Waals surface area contributed by atoms with E-state index < -0.39 is 6.04 Å². The number of anilines is 1. The highest BCUT2D eigenvalue weighted by atomic mass is 19.1. The molecule has 1 aliphatic rings. The van der Waals surface area contributed by atoms with Crippen LogP contribution in [0.3, 0.4) is 0 Å². The van der Waals surface area contributed by atoms with Crippen molar-refractivity contribution in [3.63, 3.8) is 0 Å². The van der Waals surface area contributed by atoms with Crippen LogP contribution in [0, 0.1) is 12.7 Å². The first-order valence-corrected chi connectivity index (χ1v) is 7.49. The zero-order valence-electron chi connectivity index (χ0n) is 12.8. The lowest BCUT2D eigenvalue weighted by atomic mass is 10.1. The van der Waals surface area contributed by atoms with Crippen LogP contribution in [0.15, 0.2) is 48.5 Å². The van der Waals surface area contributed by atoms with Crippen LogP contribution in [0.25, 0.3) is 0 Å². The van der Waals surface area contributed by atoms with Gasteiger partial charge in [0, 0.05) is 17.8 Å². The van der Waals surface area contributed by atoms with Crippen LogP contribution < -0.4 is 10.2 Å². The minimum atomic E-state index is -0.547. The summed E-state index contributed by atoms with van der Waals surface area (Å²) in [5.74, 6) is -0.772. The zero-order valence-corrected chi connectivity index (χ0v) is 12.8. The minimum absolute atomic E-state index is 0.169. The van der Waals surface area contributed by atoms with Crippen LogP contribution in [-0.2, 0) is 4.79 Å². The Morgan fingerprint density at radius 1 is 1.13 bits per heavy atom. The molecule has 0 spiro atoms. The maximum absolute atomic E-state index is 13.0. The molecule has 0 aromatic heterocycles. The third-order valence-electron chi connectivity index (χ3n) is 3.96. The number of carbonyl (C=O) groups excluding carboxylic acids is 2. The molecule has 1 fully saturated rings. The summed E-state index contributed by atoms with van der Waals surface area (Å²) in [7, 11) is 0. The number of halogens is 1. The van der Waals surface area contributed by atoms with E-state index >= 15 is 0 Å². The first-order chi connectivity index (χ1) is 11.0. The molecule has 2 amide bonds. The molecule has 23 heavy (non-hydrogen) atoms. The summed E-state index contributed by atoms with van der Waals surface area (Å²) in [4.78, 5) is 26.2. The van der Waals surface area contributed by atoms with Crippen molar-refractivity contribution in [1.82, 2.24) is 5.32 Å². The molecular weight excluding hydrogens is 295 g/mol. The van der Waals surface area contributed by atoms with Crippen LogP contribution in [-0.4, -0.2) is 24.4 Å². The molecule has 0 radical (unpaired) electrons. The molecule has 3 rings (SSSR count). The van der Waals surface area contributed by atoms with Crippen LogP contribution in [0.4, 0.5) is 10.1 Å². The number of hydrogen-bond donors (Lipinski definition) is 1. The number of aryl methyl sites for hydroxylation is 1. The van der Waals surface area contributed by atoms with Gasteiger partial charge in [-0.2, -0.15) is 0 Å². The van der Waals surface area contributed by atoms with Crippen LogP contribution >= 0.6 is 0 Å². The van der Waals surface area contributed by atoms with Crippen molar-refractivity contribution in [2.45, 2.75) is 19.4 Å². The molecule has 1 N–H and O–H groups in total. The van der Waals surface area contributed by atoms with Gasteiger partial charge in [-0.25, -0.2) is 4.39 Å². The van der Waals surface area contributed by atoms with Gasteiger partial charge >= 0.3 is 0 Å². The predicted octanol–water partition coefficient (Wildman–Crippen LogP) is 2.67. The summed E-state index contributed by atoms with van der Waals surface area (Å²) in [5.41, 5.74) is 2.24. The van der Waals surface area contributed by atoms with Crippen molar-refractivity contribution < 1.29 is 14.0 Å². The number of nitrogens with zero attached hydrogens (tertiary/aromatic N) is 1. The van der Waals surface area contributed by atoms with Crippen LogP contribution in [0.2, 0.25) is 0 Å². The van der Waals surface area contributed by atoms with E-state index in [1.54, 1.807) is 29.2 Å². The molecule has 1 saturated heterocycles. The van der Waals surface area contributed by atoms with Gasteiger partial charge in [0.25, 0.3) is 5.91 Å². The number of amides is 2. The smallest absolute Gasteiger partial charge is 0.251 e. The summed E-state index contributed by atoms with van der Waals surface area (Å²) in [5, 5.41) is 2.77. The highest BCUT2D eigenvalue weighted by Crippen LogP contribution is 2.22. The van der Waals surface area contributed by atoms with Gasteiger partial charge in [0.2, 0.25) is 5.91 Å². The predicted molar refractivity (Wildman–Crippen MR) is 85.8 cm³/mol. The number of benzene rings is 2. The van der Waals surface area contributed by atoms with Gasteiger partial charge in [-0.15, -0.1) is 0 Å². The highest BCUT2D eigenvalue weighted by Gasteiger charge is 2.33. The van der Waals surface area contributed by atoms with Gasteiger partial charge in [-0.3, -0.25) is 9.59 Å². The van der Waals surface area contributed by atoms with E-state index in [1.807, 2.05) is 19.1 Å². The second-order valence-corrected chi connectivity index (χ2v) is 5.65. The number of rotatable bonds is 3. The van der Waals surface area contributed by atoms with Crippen molar-refractivity contribution in [3.8, 4) is 0 Å². The molecule has 0 unspecified atom stereocenters. The fraction of sp³-hybridized carbons (Fsp3) is 0.222. The van der Waals surface area contributed by atoms with E-state index in [1.165, 1.54) is 12.1 Å². The van der Waals surface area contributed by atoms with Gasteiger partial charge in [0.1, 0.15) is 11.9 Å². The largest absolute Gasteiger partial charge is 0.340 e. The van der Waals surface area contributed by atoms with E-state index in [0.29, 0.717) is 24.2 Å². The Morgan fingerprint density at radius 2 is 1.78 bits per heavy atom. The Hall–Kier alpha value is -2.69. The molecule has 0 aliphatic carbocycles. The quantitative estimate of drug-likeness (QED) is 0.947.